The molecule has 7 heteroatoms. The van der Waals surface area contributed by atoms with Gasteiger partial charge in [0.05, 0.1) is 0 Å². The van der Waals surface area contributed by atoms with Crippen molar-refractivity contribution in [1.29, 1.82) is 0 Å². The van der Waals surface area contributed by atoms with Crippen LogP contribution < -0.4 is 5.73 Å². The Morgan fingerprint density at radius 3 is 2.67 bits per heavy atom. The molecule has 0 bridgehead atoms. The third kappa shape index (κ3) is 4.42. The van der Waals surface area contributed by atoms with Crippen LogP contribution in [-0.2, 0) is 11.3 Å². The molecule has 2 amide bonds. The molecule has 0 saturated carbocycles. The summed E-state index contributed by atoms with van der Waals surface area (Å²) in [6.45, 7) is 5.23. The Balaban J connectivity index is 1.80. The summed E-state index contributed by atoms with van der Waals surface area (Å²) >= 11 is 0. The number of nitrogen functional groups attached to an aromatic ring is 1. The van der Waals surface area contributed by atoms with Gasteiger partial charge < -0.3 is 15.5 Å². The van der Waals surface area contributed by atoms with Crippen molar-refractivity contribution in [2.24, 2.45) is 0 Å². The Morgan fingerprint density at radius 2 is 2.00 bits per heavy atom. The predicted octanol–water partition coefficient (Wildman–Crippen LogP) is 2.02. The second-order valence-electron chi connectivity index (χ2n) is 6.82. The van der Waals surface area contributed by atoms with E-state index in [9.17, 15) is 9.59 Å². The van der Waals surface area contributed by atoms with E-state index >= 15 is 0 Å². The largest absolute Gasteiger partial charge is 0.368 e. The van der Waals surface area contributed by atoms with Gasteiger partial charge in [0.25, 0.3) is 5.91 Å². The summed E-state index contributed by atoms with van der Waals surface area (Å²) in [5, 5.41) is 0. The van der Waals surface area contributed by atoms with Crippen molar-refractivity contribution < 1.29 is 9.59 Å². The highest BCUT2D eigenvalue weighted by Crippen LogP contribution is 2.19. The van der Waals surface area contributed by atoms with Gasteiger partial charge in [-0.2, -0.15) is 0 Å². The monoisotopic (exact) mass is 367 g/mol. The first-order valence-corrected chi connectivity index (χ1v) is 9.21. The first-order chi connectivity index (χ1) is 13.0. The maximum absolute atomic E-state index is 12.9. The average Bonchev–Trinajstić information content (AvgIpc) is 2.81. The van der Waals surface area contributed by atoms with Crippen LogP contribution in [0.25, 0.3) is 0 Å². The number of aryl methyl sites for hydroxylation is 1. The Bertz CT molecular complexity index is 804. The minimum atomic E-state index is -0.208. The number of rotatable bonds is 4. The van der Waals surface area contributed by atoms with E-state index in [2.05, 4.69) is 9.97 Å². The molecule has 0 radical (unpaired) electrons. The predicted molar refractivity (Wildman–Crippen MR) is 103 cm³/mol. The lowest BCUT2D eigenvalue weighted by Gasteiger charge is -2.31. The average molecular weight is 367 g/mol. The number of aromatic nitrogens is 2. The van der Waals surface area contributed by atoms with E-state index in [0.29, 0.717) is 31.7 Å². The SMILES string of the molecule is CC[C@H]1CN(C(=O)c2cc(C)nc(N)n2)CCC(=O)N1Cc1ccccc1. The summed E-state index contributed by atoms with van der Waals surface area (Å²) in [6, 6.07) is 11.5. The van der Waals surface area contributed by atoms with Crippen molar-refractivity contribution >= 4 is 17.8 Å². The quantitative estimate of drug-likeness (QED) is 0.892. The van der Waals surface area contributed by atoms with Gasteiger partial charge in [-0.25, -0.2) is 9.97 Å². The number of hydrogen-bond donors (Lipinski definition) is 1. The smallest absolute Gasteiger partial charge is 0.272 e. The van der Waals surface area contributed by atoms with Crippen molar-refractivity contribution in [2.45, 2.75) is 39.3 Å². The molecule has 2 aromatic rings. The fourth-order valence-corrected chi connectivity index (χ4v) is 3.42. The Morgan fingerprint density at radius 1 is 1.26 bits per heavy atom. The Kier molecular flexibility index (Phi) is 5.69. The minimum absolute atomic E-state index is 0.0376. The second-order valence-corrected chi connectivity index (χ2v) is 6.82. The van der Waals surface area contributed by atoms with Gasteiger partial charge in [0.2, 0.25) is 11.9 Å². The van der Waals surface area contributed by atoms with E-state index in [1.807, 2.05) is 42.2 Å². The van der Waals surface area contributed by atoms with E-state index in [1.165, 1.54) is 0 Å². The Hall–Kier alpha value is -2.96. The van der Waals surface area contributed by atoms with Crippen molar-refractivity contribution in [2.75, 3.05) is 18.8 Å². The molecule has 2 N–H and O–H groups in total. The maximum atomic E-state index is 12.9. The highest BCUT2D eigenvalue weighted by molar-refractivity contribution is 5.93. The van der Waals surface area contributed by atoms with E-state index in [-0.39, 0.29) is 29.5 Å². The summed E-state index contributed by atoms with van der Waals surface area (Å²) in [5.41, 5.74) is 7.70. The maximum Gasteiger partial charge on any atom is 0.272 e. The van der Waals surface area contributed by atoms with E-state index < -0.39 is 0 Å². The zero-order chi connectivity index (χ0) is 19.4. The van der Waals surface area contributed by atoms with E-state index in [4.69, 9.17) is 5.73 Å². The van der Waals surface area contributed by atoms with Gasteiger partial charge in [0.15, 0.2) is 0 Å². The molecule has 2 heterocycles. The number of nitrogens with zero attached hydrogens (tertiary/aromatic N) is 4. The summed E-state index contributed by atoms with van der Waals surface area (Å²) in [5.74, 6) is -0.0543. The van der Waals surface area contributed by atoms with Crippen molar-refractivity contribution in [3.8, 4) is 0 Å². The number of carbonyl (C=O) groups excluding carboxylic acids is 2. The molecular weight excluding hydrogens is 342 g/mol. The minimum Gasteiger partial charge on any atom is -0.368 e. The van der Waals surface area contributed by atoms with Gasteiger partial charge >= 0.3 is 0 Å². The molecule has 27 heavy (non-hydrogen) atoms. The van der Waals surface area contributed by atoms with Gasteiger partial charge in [-0.1, -0.05) is 37.3 Å². The van der Waals surface area contributed by atoms with E-state index in [0.717, 1.165) is 12.0 Å². The van der Waals surface area contributed by atoms with Crippen LogP contribution in [-0.4, -0.2) is 50.7 Å². The third-order valence-electron chi connectivity index (χ3n) is 4.83. The topological polar surface area (TPSA) is 92.4 Å². The summed E-state index contributed by atoms with van der Waals surface area (Å²) < 4.78 is 0. The molecule has 1 aromatic heterocycles. The van der Waals surface area contributed by atoms with Crippen LogP contribution in [0.3, 0.4) is 0 Å². The molecule has 0 aliphatic carbocycles. The van der Waals surface area contributed by atoms with Crippen LogP contribution in [0.1, 0.15) is 41.5 Å². The van der Waals surface area contributed by atoms with Gasteiger partial charge in [0, 0.05) is 37.8 Å². The standard InChI is InChI=1S/C20H25N5O2/c1-3-16-13-24(19(27)17-11-14(2)22-20(21)23-17)10-9-18(26)25(16)12-15-7-5-4-6-8-15/h4-8,11,16H,3,9-10,12-13H2,1-2H3,(H2,21,22,23)/t16-/m0/s1. The lowest BCUT2D eigenvalue weighted by atomic mass is 10.1. The van der Waals surface area contributed by atoms with Crippen LogP contribution in [0.2, 0.25) is 0 Å². The number of amides is 2. The van der Waals surface area contributed by atoms with E-state index in [1.54, 1.807) is 17.9 Å². The zero-order valence-corrected chi connectivity index (χ0v) is 15.8. The van der Waals surface area contributed by atoms with Crippen molar-refractivity contribution in [1.82, 2.24) is 19.8 Å². The first-order valence-electron chi connectivity index (χ1n) is 9.21. The molecule has 142 valence electrons. The highest BCUT2D eigenvalue weighted by Gasteiger charge is 2.31. The summed E-state index contributed by atoms with van der Waals surface area (Å²) in [7, 11) is 0. The number of anilines is 1. The first kappa shape index (κ1) is 18.8. The van der Waals surface area contributed by atoms with Crippen molar-refractivity contribution in [3.63, 3.8) is 0 Å². The summed E-state index contributed by atoms with van der Waals surface area (Å²) in [4.78, 5) is 37.4. The van der Waals surface area contributed by atoms with Gasteiger partial charge in [-0.15, -0.1) is 0 Å². The van der Waals surface area contributed by atoms with Crippen LogP contribution in [0, 0.1) is 6.92 Å². The highest BCUT2D eigenvalue weighted by atomic mass is 16.2. The second kappa shape index (κ2) is 8.16. The van der Waals surface area contributed by atoms with Gasteiger partial charge in [-0.3, -0.25) is 9.59 Å². The van der Waals surface area contributed by atoms with Crippen molar-refractivity contribution in [3.05, 3.63) is 53.3 Å². The number of nitrogens with two attached hydrogens (primary N) is 1. The molecule has 0 spiro atoms. The number of hydrogen-bond acceptors (Lipinski definition) is 5. The number of benzene rings is 1. The lowest BCUT2D eigenvalue weighted by molar-refractivity contribution is -0.133. The molecule has 3 rings (SSSR count). The normalized spacial score (nSPS) is 17.7. The molecule has 1 aliphatic rings. The third-order valence-corrected chi connectivity index (χ3v) is 4.83. The van der Waals surface area contributed by atoms with Gasteiger partial charge in [0.1, 0.15) is 5.69 Å². The van der Waals surface area contributed by atoms with Crippen LogP contribution >= 0.6 is 0 Å². The molecule has 1 aliphatic heterocycles. The fraction of sp³-hybridized carbons (Fsp3) is 0.400. The van der Waals surface area contributed by atoms with Crippen LogP contribution in [0.15, 0.2) is 36.4 Å². The lowest BCUT2D eigenvalue weighted by Crippen LogP contribution is -2.44. The zero-order valence-electron chi connectivity index (χ0n) is 15.8. The molecule has 1 atom stereocenters. The molecule has 1 aromatic carbocycles. The molecule has 1 saturated heterocycles. The van der Waals surface area contributed by atoms with Crippen LogP contribution in [0.4, 0.5) is 5.95 Å². The van der Waals surface area contributed by atoms with Gasteiger partial charge in [-0.05, 0) is 25.0 Å². The summed E-state index contributed by atoms with van der Waals surface area (Å²) in [6.07, 6.45) is 1.07. The Labute approximate surface area is 159 Å². The fourth-order valence-electron chi connectivity index (χ4n) is 3.42. The number of carbonyl (C=O) groups is 2. The molecule has 7 nitrogen and oxygen atoms in total. The molecular formula is C20H25N5O2. The molecule has 1 fully saturated rings. The molecule has 0 unspecified atom stereocenters. The van der Waals surface area contributed by atoms with Crippen LogP contribution in [0.5, 0.6) is 0 Å².